The molecule has 5 heteroatoms. The number of nitrogens with zero attached hydrogens (tertiary/aromatic N) is 2. The van der Waals surface area contributed by atoms with E-state index >= 15 is 0 Å². The Morgan fingerprint density at radius 2 is 2.44 bits per heavy atom. The topological polar surface area (TPSA) is 48.3 Å². The van der Waals surface area contributed by atoms with Crippen LogP contribution in [0.2, 0.25) is 0 Å². The van der Waals surface area contributed by atoms with Crippen LogP contribution >= 0.6 is 0 Å². The Bertz CT molecular complexity index is 340. The van der Waals surface area contributed by atoms with E-state index in [1.807, 2.05) is 26.4 Å². The van der Waals surface area contributed by atoms with E-state index in [1.54, 1.807) is 11.8 Å². The molecule has 1 aliphatic rings. The van der Waals surface area contributed by atoms with Crippen LogP contribution in [0.15, 0.2) is 12.4 Å². The number of aryl methyl sites for hydroxylation is 1. The van der Waals surface area contributed by atoms with Gasteiger partial charge in [0.1, 0.15) is 6.10 Å². The van der Waals surface area contributed by atoms with Gasteiger partial charge in [-0.15, -0.1) is 0 Å². The van der Waals surface area contributed by atoms with Crippen LogP contribution < -0.4 is 5.32 Å². The molecule has 90 valence electrons. The van der Waals surface area contributed by atoms with Crippen LogP contribution in [0.5, 0.6) is 0 Å². The second kappa shape index (κ2) is 4.84. The molecule has 1 N–H and O–H groups in total. The first kappa shape index (κ1) is 11.4. The minimum Gasteiger partial charge on any atom is -0.377 e. The molecule has 3 atom stereocenters. The summed E-state index contributed by atoms with van der Waals surface area (Å²) in [6.45, 7) is 2.75. The van der Waals surface area contributed by atoms with E-state index in [9.17, 15) is 0 Å². The molecule has 0 aliphatic heterocycles. The van der Waals surface area contributed by atoms with Gasteiger partial charge in [-0.1, -0.05) is 0 Å². The average Bonchev–Trinajstić information content (AvgIpc) is 2.63. The van der Waals surface area contributed by atoms with Crippen molar-refractivity contribution >= 4 is 5.69 Å². The molecule has 3 unspecified atom stereocenters. The monoisotopic (exact) mass is 225 g/mol. The van der Waals surface area contributed by atoms with Crippen molar-refractivity contribution in [2.45, 2.75) is 31.6 Å². The Balaban J connectivity index is 1.88. The summed E-state index contributed by atoms with van der Waals surface area (Å²) in [6, 6.07) is 0.325. The third-order valence-corrected chi connectivity index (χ3v) is 2.96. The maximum Gasteiger partial charge on any atom is 0.103 e. The van der Waals surface area contributed by atoms with E-state index in [-0.39, 0.29) is 12.2 Å². The van der Waals surface area contributed by atoms with Gasteiger partial charge in [-0.3, -0.25) is 4.68 Å². The summed E-state index contributed by atoms with van der Waals surface area (Å²) < 4.78 is 12.8. The van der Waals surface area contributed by atoms with E-state index in [4.69, 9.17) is 9.47 Å². The highest BCUT2D eigenvalue weighted by molar-refractivity contribution is 5.40. The van der Waals surface area contributed by atoms with Gasteiger partial charge in [0.15, 0.2) is 0 Å². The summed E-state index contributed by atoms with van der Waals surface area (Å²) in [5.74, 6) is 0. The van der Waals surface area contributed by atoms with Crippen LogP contribution in [-0.4, -0.2) is 41.7 Å². The third kappa shape index (κ3) is 2.20. The van der Waals surface area contributed by atoms with Crippen molar-refractivity contribution < 1.29 is 9.47 Å². The maximum atomic E-state index is 5.57. The van der Waals surface area contributed by atoms with Crippen molar-refractivity contribution in [1.29, 1.82) is 0 Å². The lowest BCUT2D eigenvalue weighted by Gasteiger charge is -2.43. The van der Waals surface area contributed by atoms with Crippen LogP contribution in [0.4, 0.5) is 5.69 Å². The van der Waals surface area contributed by atoms with E-state index in [1.165, 1.54) is 0 Å². The van der Waals surface area contributed by atoms with Crippen molar-refractivity contribution in [2.75, 3.05) is 19.0 Å². The number of ether oxygens (including phenoxy) is 2. The number of aromatic nitrogens is 2. The Morgan fingerprint density at radius 1 is 1.62 bits per heavy atom. The quantitative estimate of drug-likeness (QED) is 0.813. The smallest absolute Gasteiger partial charge is 0.103 e. The van der Waals surface area contributed by atoms with Gasteiger partial charge >= 0.3 is 0 Å². The van der Waals surface area contributed by atoms with Crippen molar-refractivity contribution in [3.63, 3.8) is 0 Å². The molecule has 1 fully saturated rings. The van der Waals surface area contributed by atoms with Gasteiger partial charge < -0.3 is 14.8 Å². The summed E-state index contributed by atoms with van der Waals surface area (Å²) >= 11 is 0. The minimum atomic E-state index is 0.139. The average molecular weight is 225 g/mol. The zero-order valence-electron chi connectivity index (χ0n) is 10.0. The summed E-state index contributed by atoms with van der Waals surface area (Å²) in [7, 11) is 3.64. The van der Waals surface area contributed by atoms with Gasteiger partial charge in [0.05, 0.1) is 24.0 Å². The molecule has 1 aliphatic carbocycles. The number of methoxy groups -OCH3 is 1. The first-order valence-corrected chi connectivity index (χ1v) is 5.64. The molecule has 0 radical (unpaired) electrons. The highest BCUT2D eigenvalue weighted by Crippen LogP contribution is 2.29. The highest BCUT2D eigenvalue weighted by Gasteiger charge is 2.42. The Hall–Kier alpha value is -1.07. The lowest BCUT2D eigenvalue weighted by atomic mass is 9.85. The van der Waals surface area contributed by atoms with Crippen LogP contribution in [0.25, 0.3) is 0 Å². The predicted octanol–water partition coefficient (Wildman–Crippen LogP) is 1.02. The molecule has 1 heterocycles. The molecule has 1 aromatic rings. The molecule has 16 heavy (non-hydrogen) atoms. The van der Waals surface area contributed by atoms with Gasteiger partial charge in [-0.2, -0.15) is 5.10 Å². The molecule has 0 amide bonds. The van der Waals surface area contributed by atoms with E-state index < -0.39 is 0 Å². The Morgan fingerprint density at radius 3 is 3.00 bits per heavy atom. The number of nitrogens with one attached hydrogen (secondary N) is 1. The van der Waals surface area contributed by atoms with Crippen molar-refractivity contribution in [2.24, 2.45) is 7.05 Å². The second-order valence-electron chi connectivity index (χ2n) is 4.08. The SMILES string of the molecule is CCOC1CC(Nc2cnn(C)c2)C1OC. The first-order valence-electron chi connectivity index (χ1n) is 5.64. The fourth-order valence-corrected chi connectivity index (χ4v) is 2.13. The zero-order valence-corrected chi connectivity index (χ0v) is 10.0. The maximum absolute atomic E-state index is 5.57. The minimum absolute atomic E-state index is 0.139. The van der Waals surface area contributed by atoms with Crippen LogP contribution in [0, 0.1) is 0 Å². The molecule has 5 nitrogen and oxygen atoms in total. The summed E-state index contributed by atoms with van der Waals surface area (Å²) in [5.41, 5.74) is 1.03. The van der Waals surface area contributed by atoms with Gasteiger partial charge in [-0.05, 0) is 13.3 Å². The molecule has 1 saturated carbocycles. The van der Waals surface area contributed by atoms with Crippen molar-refractivity contribution in [3.05, 3.63) is 12.4 Å². The molecular weight excluding hydrogens is 206 g/mol. The molecule has 0 saturated heterocycles. The second-order valence-corrected chi connectivity index (χ2v) is 4.08. The van der Waals surface area contributed by atoms with Crippen molar-refractivity contribution in [3.8, 4) is 0 Å². The molecule has 1 aromatic heterocycles. The molecule has 0 bridgehead atoms. The molecule has 2 rings (SSSR count). The fourth-order valence-electron chi connectivity index (χ4n) is 2.13. The van der Waals surface area contributed by atoms with Gasteiger partial charge in [0, 0.05) is 27.0 Å². The standard InChI is InChI=1S/C11H19N3O2/c1-4-16-10-5-9(11(10)15-3)13-8-6-12-14(2)7-8/h6-7,9-11,13H,4-5H2,1-3H3. The van der Waals surface area contributed by atoms with Gasteiger partial charge in [0.25, 0.3) is 0 Å². The van der Waals surface area contributed by atoms with E-state index in [0.717, 1.165) is 18.7 Å². The van der Waals surface area contributed by atoms with Crippen molar-refractivity contribution in [1.82, 2.24) is 9.78 Å². The fraction of sp³-hybridized carbons (Fsp3) is 0.727. The number of hydrogen-bond acceptors (Lipinski definition) is 4. The molecular formula is C11H19N3O2. The Labute approximate surface area is 95.7 Å². The number of anilines is 1. The molecule has 0 aromatic carbocycles. The lowest BCUT2D eigenvalue weighted by molar-refractivity contribution is -0.118. The predicted molar refractivity (Wildman–Crippen MR) is 61.4 cm³/mol. The summed E-state index contributed by atoms with van der Waals surface area (Å²) in [4.78, 5) is 0. The third-order valence-electron chi connectivity index (χ3n) is 2.96. The normalized spacial score (nSPS) is 28.8. The van der Waals surface area contributed by atoms with Gasteiger partial charge in [-0.25, -0.2) is 0 Å². The first-order chi connectivity index (χ1) is 7.74. The van der Waals surface area contributed by atoms with Crippen LogP contribution in [-0.2, 0) is 16.5 Å². The van der Waals surface area contributed by atoms with E-state index in [0.29, 0.717) is 6.04 Å². The Kier molecular flexibility index (Phi) is 3.46. The lowest BCUT2D eigenvalue weighted by Crippen LogP contribution is -2.56. The largest absolute Gasteiger partial charge is 0.377 e. The van der Waals surface area contributed by atoms with E-state index in [2.05, 4.69) is 10.4 Å². The number of hydrogen-bond donors (Lipinski definition) is 1. The van der Waals surface area contributed by atoms with Gasteiger partial charge in [0.2, 0.25) is 0 Å². The van der Waals surface area contributed by atoms with Crippen LogP contribution in [0.1, 0.15) is 13.3 Å². The molecule has 0 spiro atoms. The number of rotatable bonds is 5. The van der Waals surface area contributed by atoms with Crippen LogP contribution in [0.3, 0.4) is 0 Å². The zero-order chi connectivity index (χ0) is 11.5. The summed E-state index contributed by atoms with van der Waals surface area (Å²) in [5, 5.41) is 7.52. The highest BCUT2D eigenvalue weighted by atomic mass is 16.5. The summed E-state index contributed by atoms with van der Waals surface area (Å²) in [6.07, 6.45) is 5.13.